The van der Waals surface area contributed by atoms with Crippen molar-refractivity contribution < 1.29 is 4.74 Å². The van der Waals surface area contributed by atoms with E-state index in [1.54, 1.807) is 7.11 Å². The van der Waals surface area contributed by atoms with Crippen LogP contribution in [0.4, 0.5) is 0 Å². The lowest BCUT2D eigenvalue weighted by atomic mass is 10.1. The van der Waals surface area contributed by atoms with E-state index in [4.69, 9.17) is 4.74 Å². The van der Waals surface area contributed by atoms with Gasteiger partial charge in [-0.3, -0.25) is 4.90 Å². The monoisotopic (exact) mass is 254 g/mol. The summed E-state index contributed by atoms with van der Waals surface area (Å²) < 4.78 is 5.22. The van der Waals surface area contributed by atoms with Gasteiger partial charge in [-0.25, -0.2) is 0 Å². The second-order valence-corrected chi connectivity index (χ2v) is 5.47. The van der Waals surface area contributed by atoms with Crippen molar-refractivity contribution in [3.63, 3.8) is 0 Å². The Morgan fingerprint density at radius 2 is 2.22 bits per heavy atom. The molecule has 0 saturated heterocycles. The Morgan fingerprint density at radius 3 is 2.78 bits per heavy atom. The van der Waals surface area contributed by atoms with Gasteiger partial charge in [-0.1, -0.05) is 13.5 Å². The quantitative estimate of drug-likeness (QED) is 0.452. The number of rotatable bonds is 11. The molecule has 0 bridgehead atoms. The number of ether oxygens (including phenoxy) is 1. The molecule has 106 valence electrons. The highest BCUT2D eigenvalue weighted by Gasteiger charge is 2.31. The van der Waals surface area contributed by atoms with Gasteiger partial charge in [0.25, 0.3) is 0 Å². The SMILES string of the molecule is C=C(CNCCC)CN(CCOC)C(C)C1CC1. The lowest BCUT2D eigenvalue weighted by Gasteiger charge is -2.29. The van der Waals surface area contributed by atoms with E-state index in [9.17, 15) is 0 Å². The first-order chi connectivity index (χ1) is 8.69. The van der Waals surface area contributed by atoms with Crippen molar-refractivity contribution in [2.24, 2.45) is 5.92 Å². The van der Waals surface area contributed by atoms with Crippen molar-refractivity contribution in [1.29, 1.82) is 0 Å². The molecule has 0 aromatic carbocycles. The molecular weight excluding hydrogens is 224 g/mol. The van der Waals surface area contributed by atoms with Gasteiger partial charge in [0.1, 0.15) is 0 Å². The van der Waals surface area contributed by atoms with Gasteiger partial charge in [-0.15, -0.1) is 0 Å². The van der Waals surface area contributed by atoms with E-state index in [-0.39, 0.29) is 0 Å². The van der Waals surface area contributed by atoms with Gasteiger partial charge in [0.2, 0.25) is 0 Å². The highest BCUT2D eigenvalue weighted by atomic mass is 16.5. The topological polar surface area (TPSA) is 24.5 Å². The molecule has 1 aliphatic carbocycles. The van der Waals surface area contributed by atoms with Crippen LogP contribution >= 0.6 is 0 Å². The van der Waals surface area contributed by atoms with E-state index in [0.717, 1.165) is 38.7 Å². The Kier molecular flexibility index (Phi) is 7.56. The number of nitrogens with one attached hydrogen (secondary N) is 1. The molecule has 1 aliphatic rings. The van der Waals surface area contributed by atoms with Crippen LogP contribution in [0.2, 0.25) is 0 Å². The molecule has 0 heterocycles. The molecule has 1 fully saturated rings. The Hall–Kier alpha value is -0.380. The van der Waals surface area contributed by atoms with Crippen molar-refractivity contribution in [2.45, 2.75) is 39.2 Å². The Balaban J connectivity index is 2.31. The Labute approximate surface area is 113 Å². The predicted molar refractivity (Wildman–Crippen MR) is 77.9 cm³/mol. The first-order valence-corrected chi connectivity index (χ1v) is 7.29. The summed E-state index contributed by atoms with van der Waals surface area (Å²) in [6, 6.07) is 0.670. The van der Waals surface area contributed by atoms with E-state index < -0.39 is 0 Å². The highest BCUT2D eigenvalue weighted by Crippen LogP contribution is 2.35. The summed E-state index contributed by atoms with van der Waals surface area (Å²) in [4.78, 5) is 2.52. The van der Waals surface area contributed by atoms with E-state index in [0.29, 0.717) is 6.04 Å². The first kappa shape index (κ1) is 15.7. The van der Waals surface area contributed by atoms with Crippen LogP contribution in [-0.2, 0) is 4.74 Å². The average Bonchev–Trinajstić information content (AvgIpc) is 3.18. The van der Waals surface area contributed by atoms with E-state index in [2.05, 4.69) is 30.6 Å². The van der Waals surface area contributed by atoms with Crippen LogP contribution in [0.15, 0.2) is 12.2 Å². The molecule has 3 nitrogen and oxygen atoms in total. The van der Waals surface area contributed by atoms with Gasteiger partial charge in [0, 0.05) is 32.8 Å². The van der Waals surface area contributed by atoms with Gasteiger partial charge < -0.3 is 10.1 Å². The molecule has 0 amide bonds. The summed E-state index contributed by atoms with van der Waals surface area (Å²) in [5.41, 5.74) is 1.28. The Bertz CT molecular complexity index is 239. The summed E-state index contributed by atoms with van der Waals surface area (Å²) in [6.07, 6.45) is 3.97. The number of nitrogens with zero attached hydrogens (tertiary/aromatic N) is 1. The minimum Gasteiger partial charge on any atom is -0.383 e. The van der Waals surface area contributed by atoms with Gasteiger partial charge in [-0.05, 0) is 44.2 Å². The molecule has 0 radical (unpaired) electrons. The average molecular weight is 254 g/mol. The van der Waals surface area contributed by atoms with E-state index in [1.165, 1.54) is 24.8 Å². The third-order valence-electron chi connectivity index (χ3n) is 3.69. The predicted octanol–water partition coefficient (Wildman–Crippen LogP) is 2.29. The molecule has 18 heavy (non-hydrogen) atoms. The number of hydrogen-bond donors (Lipinski definition) is 1. The molecule has 1 N–H and O–H groups in total. The second-order valence-electron chi connectivity index (χ2n) is 5.47. The molecule has 0 spiro atoms. The van der Waals surface area contributed by atoms with Crippen LogP contribution in [0.1, 0.15) is 33.1 Å². The summed E-state index contributed by atoms with van der Waals surface area (Å²) >= 11 is 0. The van der Waals surface area contributed by atoms with Crippen LogP contribution in [0.5, 0.6) is 0 Å². The lowest BCUT2D eigenvalue weighted by molar-refractivity contribution is 0.124. The summed E-state index contributed by atoms with van der Waals surface area (Å²) in [5, 5.41) is 3.42. The minimum atomic E-state index is 0.670. The van der Waals surface area contributed by atoms with E-state index in [1.807, 2.05) is 0 Å². The molecule has 3 heteroatoms. The summed E-state index contributed by atoms with van der Waals surface area (Å²) in [5.74, 6) is 0.901. The van der Waals surface area contributed by atoms with E-state index >= 15 is 0 Å². The molecular formula is C15H30N2O. The molecule has 0 aromatic rings. The van der Waals surface area contributed by atoms with Crippen molar-refractivity contribution in [1.82, 2.24) is 10.2 Å². The van der Waals surface area contributed by atoms with Crippen molar-refractivity contribution >= 4 is 0 Å². The zero-order valence-corrected chi connectivity index (χ0v) is 12.4. The van der Waals surface area contributed by atoms with Crippen LogP contribution < -0.4 is 5.32 Å². The van der Waals surface area contributed by atoms with Crippen molar-refractivity contribution in [2.75, 3.05) is 39.9 Å². The number of hydrogen-bond acceptors (Lipinski definition) is 3. The van der Waals surface area contributed by atoms with Crippen LogP contribution in [0.25, 0.3) is 0 Å². The largest absolute Gasteiger partial charge is 0.383 e. The third-order valence-corrected chi connectivity index (χ3v) is 3.69. The summed E-state index contributed by atoms with van der Waals surface area (Å²) in [7, 11) is 1.78. The van der Waals surface area contributed by atoms with Crippen LogP contribution in [0, 0.1) is 5.92 Å². The maximum absolute atomic E-state index is 5.22. The molecule has 1 saturated carbocycles. The second kappa shape index (κ2) is 8.68. The Morgan fingerprint density at radius 1 is 1.50 bits per heavy atom. The lowest BCUT2D eigenvalue weighted by Crippen LogP contribution is -2.39. The van der Waals surface area contributed by atoms with Crippen LogP contribution in [0.3, 0.4) is 0 Å². The van der Waals surface area contributed by atoms with Crippen LogP contribution in [-0.4, -0.2) is 50.8 Å². The highest BCUT2D eigenvalue weighted by molar-refractivity contribution is 5.01. The van der Waals surface area contributed by atoms with Gasteiger partial charge >= 0.3 is 0 Å². The smallest absolute Gasteiger partial charge is 0.0589 e. The maximum atomic E-state index is 5.22. The zero-order valence-electron chi connectivity index (χ0n) is 12.4. The van der Waals surface area contributed by atoms with Gasteiger partial charge in [-0.2, -0.15) is 0 Å². The standard InChI is InChI=1S/C15H30N2O/c1-5-8-16-11-13(2)12-17(9-10-18-4)14(3)15-6-7-15/h14-16H,2,5-12H2,1,3-4H3. The van der Waals surface area contributed by atoms with Crippen molar-refractivity contribution in [3.05, 3.63) is 12.2 Å². The minimum absolute atomic E-state index is 0.670. The van der Waals surface area contributed by atoms with Gasteiger partial charge in [0.05, 0.1) is 6.61 Å². The van der Waals surface area contributed by atoms with Gasteiger partial charge in [0.15, 0.2) is 0 Å². The molecule has 0 aromatic heterocycles. The molecule has 1 unspecified atom stereocenters. The third kappa shape index (κ3) is 5.98. The fraction of sp³-hybridized carbons (Fsp3) is 0.867. The fourth-order valence-corrected chi connectivity index (χ4v) is 2.30. The molecule has 1 rings (SSSR count). The first-order valence-electron chi connectivity index (χ1n) is 7.29. The normalized spacial score (nSPS) is 17.1. The maximum Gasteiger partial charge on any atom is 0.0589 e. The summed E-state index contributed by atoms with van der Waals surface area (Å²) in [6.45, 7) is 13.6. The molecule has 0 aliphatic heterocycles. The zero-order chi connectivity index (χ0) is 13.4. The van der Waals surface area contributed by atoms with Crippen molar-refractivity contribution in [3.8, 4) is 0 Å². The molecule has 1 atom stereocenters. The fourth-order valence-electron chi connectivity index (χ4n) is 2.30. The number of methoxy groups -OCH3 is 1.